The lowest BCUT2D eigenvalue weighted by Gasteiger charge is -2.31. The number of carbonyl (C=O) groups is 1. The van der Waals surface area contributed by atoms with E-state index in [-0.39, 0.29) is 17.6 Å². The average molecular weight is 342 g/mol. The highest BCUT2D eigenvalue weighted by atomic mass is 19.4. The second-order valence-corrected chi connectivity index (χ2v) is 6.02. The number of piperidine rings is 1. The number of aromatic nitrogens is 3. The molecular weight excluding hydrogens is 325 g/mol. The molecule has 2 aromatic heterocycles. The topological polar surface area (TPSA) is 64.2 Å². The number of halogens is 3. The largest absolute Gasteiger partial charge is 0.434 e. The van der Waals surface area contributed by atoms with Gasteiger partial charge in [-0.25, -0.2) is 4.98 Å². The van der Waals surface area contributed by atoms with Gasteiger partial charge in [-0.05, 0) is 19.8 Å². The van der Waals surface area contributed by atoms with Crippen LogP contribution in [0, 0.1) is 6.92 Å². The molecule has 2 aromatic rings. The molecule has 1 amide bonds. The highest BCUT2D eigenvalue weighted by molar-refractivity contribution is 5.91. The minimum atomic E-state index is -4.47. The summed E-state index contributed by atoms with van der Waals surface area (Å²) in [6, 6.07) is 1.55. The van der Waals surface area contributed by atoms with Gasteiger partial charge in [-0.15, -0.1) is 0 Å². The van der Waals surface area contributed by atoms with E-state index in [1.54, 1.807) is 17.9 Å². The Bertz CT molecular complexity index is 750. The number of carbonyl (C=O) groups excluding carboxylic acids is 1. The van der Waals surface area contributed by atoms with Crippen LogP contribution >= 0.6 is 0 Å². The van der Waals surface area contributed by atoms with Crippen molar-refractivity contribution in [3.63, 3.8) is 0 Å². The number of likely N-dealkylation sites (tertiary alicyclic amines) is 1. The number of amides is 1. The first-order chi connectivity index (χ1) is 11.3. The van der Waals surface area contributed by atoms with E-state index >= 15 is 0 Å². The number of rotatable bonds is 2. The maximum absolute atomic E-state index is 12.8. The molecule has 0 N–H and O–H groups in total. The Kier molecular flexibility index (Phi) is 4.10. The molecule has 130 valence electrons. The first-order valence-corrected chi connectivity index (χ1v) is 7.58. The summed E-state index contributed by atoms with van der Waals surface area (Å²) in [5.41, 5.74) is -0.305. The highest BCUT2D eigenvalue weighted by Gasteiger charge is 2.36. The summed E-state index contributed by atoms with van der Waals surface area (Å²) in [6.07, 6.45) is -2.12. The van der Waals surface area contributed by atoms with Crippen LogP contribution < -0.4 is 0 Å². The van der Waals surface area contributed by atoms with Crippen LogP contribution in [0.1, 0.15) is 46.5 Å². The zero-order valence-corrected chi connectivity index (χ0v) is 13.3. The molecule has 6 nitrogen and oxygen atoms in total. The van der Waals surface area contributed by atoms with Crippen LogP contribution in [0.25, 0.3) is 0 Å². The van der Waals surface area contributed by atoms with E-state index in [4.69, 9.17) is 4.52 Å². The van der Waals surface area contributed by atoms with Crippen LogP contribution in [-0.4, -0.2) is 38.6 Å². The SMILES string of the molecule is Cc1cc(C(=O)N2CCC[C@@H](c3nc(C(F)(F)F)cn3C)C2)on1. The first kappa shape index (κ1) is 16.5. The minimum Gasteiger partial charge on any atom is -0.351 e. The number of nitrogens with zero attached hydrogens (tertiary/aromatic N) is 4. The van der Waals surface area contributed by atoms with Crippen molar-refractivity contribution in [1.29, 1.82) is 0 Å². The van der Waals surface area contributed by atoms with Crippen molar-refractivity contribution >= 4 is 5.91 Å². The van der Waals surface area contributed by atoms with E-state index in [1.165, 1.54) is 11.6 Å². The molecule has 1 atom stereocenters. The van der Waals surface area contributed by atoms with Crippen LogP contribution in [-0.2, 0) is 13.2 Å². The van der Waals surface area contributed by atoms with Crippen molar-refractivity contribution in [3.05, 3.63) is 35.2 Å². The number of aryl methyl sites for hydroxylation is 2. The van der Waals surface area contributed by atoms with Gasteiger partial charge in [-0.3, -0.25) is 4.79 Å². The second-order valence-electron chi connectivity index (χ2n) is 6.02. The third-order valence-electron chi connectivity index (χ3n) is 4.12. The van der Waals surface area contributed by atoms with E-state index in [0.29, 0.717) is 37.4 Å². The Morgan fingerprint density at radius 2 is 2.17 bits per heavy atom. The Hall–Kier alpha value is -2.32. The first-order valence-electron chi connectivity index (χ1n) is 7.58. The lowest BCUT2D eigenvalue weighted by molar-refractivity contribution is -0.141. The molecule has 1 aliphatic rings. The maximum atomic E-state index is 12.8. The van der Waals surface area contributed by atoms with Crippen LogP contribution in [0.15, 0.2) is 16.8 Å². The second kappa shape index (κ2) is 5.95. The molecule has 9 heteroatoms. The molecule has 0 bridgehead atoms. The van der Waals surface area contributed by atoms with E-state index in [1.807, 2.05) is 0 Å². The van der Waals surface area contributed by atoms with Gasteiger partial charge in [-0.1, -0.05) is 5.16 Å². The normalized spacial score (nSPS) is 18.9. The summed E-state index contributed by atoms with van der Waals surface area (Å²) in [5.74, 6) is -0.0593. The third kappa shape index (κ3) is 3.15. The zero-order valence-electron chi connectivity index (χ0n) is 13.3. The fourth-order valence-corrected chi connectivity index (χ4v) is 2.99. The van der Waals surface area contributed by atoms with Crippen LogP contribution in [0.4, 0.5) is 13.2 Å². The number of hydrogen-bond donors (Lipinski definition) is 0. The molecule has 3 heterocycles. The Morgan fingerprint density at radius 3 is 2.75 bits per heavy atom. The van der Waals surface area contributed by atoms with Gasteiger partial charge in [0.2, 0.25) is 5.76 Å². The molecule has 0 aromatic carbocycles. The van der Waals surface area contributed by atoms with Crippen molar-refractivity contribution in [3.8, 4) is 0 Å². The fraction of sp³-hybridized carbons (Fsp3) is 0.533. The number of alkyl halides is 3. The van der Waals surface area contributed by atoms with Gasteiger partial charge in [-0.2, -0.15) is 13.2 Å². The standard InChI is InChI=1S/C15H17F3N4O2/c1-9-6-11(24-20-9)14(23)22-5-3-4-10(7-22)13-19-12(8-21(13)2)15(16,17)18/h6,8,10H,3-5,7H2,1-2H3/t10-/m1/s1. The summed E-state index contributed by atoms with van der Waals surface area (Å²) in [7, 11) is 1.54. The van der Waals surface area contributed by atoms with Gasteiger partial charge >= 0.3 is 6.18 Å². The fourth-order valence-electron chi connectivity index (χ4n) is 2.99. The van der Waals surface area contributed by atoms with Gasteiger partial charge < -0.3 is 14.0 Å². The van der Waals surface area contributed by atoms with Crippen LogP contribution in [0.2, 0.25) is 0 Å². The van der Waals surface area contributed by atoms with Crippen molar-refractivity contribution in [1.82, 2.24) is 19.6 Å². The predicted octanol–water partition coefficient (Wildman–Crippen LogP) is 2.76. The smallest absolute Gasteiger partial charge is 0.351 e. The molecule has 1 fully saturated rings. The quantitative estimate of drug-likeness (QED) is 0.842. The monoisotopic (exact) mass is 342 g/mol. The Labute approximate surface area is 136 Å². The lowest BCUT2D eigenvalue weighted by atomic mass is 9.97. The Morgan fingerprint density at radius 1 is 1.42 bits per heavy atom. The van der Waals surface area contributed by atoms with Gasteiger partial charge in [0.1, 0.15) is 5.82 Å². The molecule has 0 spiro atoms. The van der Waals surface area contributed by atoms with Crippen molar-refractivity contribution in [2.75, 3.05) is 13.1 Å². The molecule has 24 heavy (non-hydrogen) atoms. The van der Waals surface area contributed by atoms with E-state index in [0.717, 1.165) is 6.20 Å². The molecule has 0 aliphatic carbocycles. The van der Waals surface area contributed by atoms with Crippen molar-refractivity contribution < 1.29 is 22.5 Å². The van der Waals surface area contributed by atoms with E-state index in [2.05, 4.69) is 10.1 Å². The van der Waals surface area contributed by atoms with Gasteiger partial charge in [0.05, 0.1) is 5.69 Å². The molecule has 0 radical (unpaired) electrons. The number of imidazole rings is 1. The lowest BCUT2D eigenvalue weighted by Crippen LogP contribution is -2.39. The average Bonchev–Trinajstić information content (AvgIpc) is 3.12. The van der Waals surface area contributed by atoms with Gasteiger partial charge in [0.15, 0.2) is 5.69 Å². The molecule has 0 unspecified atom stereocenters. The Balaban J connectivity index is 1.79. The molecular formula is C15H17F3N4O2. The van der Waals surface area contributed by atoms with E-state index in [9.17, 15) is 18.0 Å². The third-order valence-corrected chi connectivity index (χ3v) is 4.12. The van der Waals surface area contributed by atoms with Crippen molar-refractivity contribution in [2.45, 2.75) is 31.9 Å². The molecule has 1 aliphatic heterocycles. The molecule has 3 rings (SSSR count). The molecule has 1 saturated heterocycles. The molecule has 0 saturated carbocycles. The predicted molar refractivity (Wildman–Crippen MR) is 77.3 cm³/mol. The van der Waals surface area contributed by atoms with E-state index < -0.39 is 11.9 Å². The summed E-state index contributed by atoms with van der Waals surface area (Å²) < 4.78 is 44.8. The van der Waals surface area contributed by atoms with Crippen LogP contribution in [0.5, 0.6) is 0 Å². The number of hydrogen-bond acceptors (Lipinski definition) is 4. The minimum absolute atomic E-state index is 0.143. The summed E-state index contributed by atoms with van der Waals surface area (Å²) in [5, 5.41) is 3.69. The summed E-state index contributed by atoms with van der Waals surface area (Å²) in [6.45, 7) is 2.55. The zero-order chi connectivity index (χ0) is 17.5. The van der Waals surface area contributed by atoms with Crippen molar-refractivity contribution in [2.24, 2.45) is 7.05 Å². The maximum Gasteiger partial charge on any atom is 0.434 e. The van der Waals surface area contributed by atoms with Crippen LogP contribution in [0.3, 0.4) is 0 Å². The summed E-state index contributed by atoms with van der Waals surface area (Å²) >= 11 is 0. The van der Waals surface area contributed by atoms with Gasteiger partial charge in [0.25, 0.3) is 5.91 Å². The highest BCUT2D eigenvalue weighted by Crippen LogP contribution is 2.32. The summed E-state index contributed by atoms with van der Waals surface area (Å²) in [4.78, 5) is 17.7. The van der Waals surface area contributed by atoms with Gasteiger partial charge in [0, 0.05) is 38.3 Å².